The molecule has 1 unspecified atom stereocenters. The van der Waals surface area contributed by atoms with Gasteiger partial charge in [-0.1, -0.05) is 18.2 Å². The van der Waals surface area contributed by atoms with Gasteiger partial charge in [-0.15, -0.1) is 0 Å². The van der Waals surface area contributed by atoms with Gasteiger partial charge in [0, 0.05) is 37.6 Å². The van der Waals surface area contributed by atoms with Crippen molar-refractivity contribution in [2.75, 3.05) is 19.7 Å². The van der Waals surface area contributed by atoms with Gasteiger partial charge >= 0.3 is 0 Å². The van der Waals surface area contributed by atoms with Crippen LogP contribution in [0.5, 0.6) is 5.75 Å². The Kier molecular flexibility index (Phi) is 8.20. The lowest BCUT2D eigenvalue weighted by molar-refractivity contribution is -0.118. The molecular formula is C21H26F2N2O2. The lowest BCUT2D eigenvalue weighted by Crippen LogP contribution is -2.30. The van der Waals surface area contributed by atoms with Crippen LogP contribution < -0.4 is 15.4 Å². The lowest BCUT2D eigenvalue weighted by Gasteiger charge is -2.26. The Morgan fingerprint density at radius 2 is 1.85 bits per heavy atom. The van der Waals surface area contributed by atoms with Crippen LogP contribution in [0.4, 0.5) is 8.78 Å². The molecule has 146 valence electrons. The molecule has 1 amide bonds. The summed E-state index contributed by atoms with van der Waals surface area (Å²) in [6.45, 7) is 5.58. The molecule has 0 spiro atoms. The number of rotatable bonds is 5. The van der Waals surface area contributed by atoms with Crippen molar-refractivity contribution in [1.82, 2.24) is 10.6 Å². The Bertz CT molecular complexity index is 702. The highest BCUT2D eigenvalue weighted by molar-refractivity contribution is 5.72. The number of carbonyl (C=O) groups excluding carboxylic acids is 1. The van der Waals surface area contributed by atoms with E-state index in [1.54, 1.807) is 13.8 Å². The minimum atomic E-state index is -0.521. The van der Waals surface area contributed by atoms with Crippen LogP contribution in [0.15, 0.2) is 42.5 Å². The number of carbonyl (C=O) groups is 1. The third kappa shape index (κ3) is 7.35. The maximum atomic E-state index is 12.2. The predicted octanol–water partition coefficient (Wildman–Crippen LogP) is 3.90. The van der Waals surface area contributed by atoms with Crippen LogP contribution in [-0.4, -0.2) is 25.6 Å². The number of nitrogens with one attached hydrogen (secondary N) is 2. The molecule has 0 saturated carbocycles. The second-order valence-electron chi connectivity index (χ2n) is 6.46. The third-order valence-corrected chi connectivity index (χ3v) is 4.08. The summed E-state index contributed by atoms with van der Waals surface area (Å²) in [6.07, 6.45) is 1.94. The van der Waals surface area contributed by atoms with Crippen LogP contribution in [0.25, 0.3) is 0 Å². The number of hydrogen-bond acceptors (Lipinski definition) is 3. The monoisotopic (exact) mass is 376 g/mol. The number of amides is 1. The van der Waals surface area contributed by atoms with Gasteiger partial charge in [-0.3, -0.25) is 4.79 Å². The highest BCUT2D eigenvalue weighted by atomic mass is 19.1. The highest BCUT2D eigenvalue weighted by Gasteiger charge is 2.19. The fraction of sp³-hybridized carbons (Fsp3) is 0.381. The van der Waals surface area contributed by atoms with Crippen molar-refractivity contribution < 1.29 is 18.3 Å². The summed E-state index contributed by atoms with van der Waals surface area (Å²) in [5.74, 6) is -0.0190. The van der Waals surface area contributed by atoms with Crippen molar-refractivity contribution >= 4 is 5.91 Å². The Morgan fingerprint density at radius 3 is 2.52 bits per heavy atom. The molecule has 0 saturated heterocycles. The van der Waals surface area contributed by atoms with Gasteiger partial charge in [0.2, 0.25) is 5.91 Å². The molecule has 3 rings (SSSR count). The van der Waals surface area contributed by atoms with Gasteiger partial charge < -0.3 is 15.4 Å². The van der Waals surface area contributed by atoms with Crippen LogP contribution >= 0.6 is 0 Å². The van der Waals surface area contributed by atoms with E-state index in [0.717, 1.165) is 44.4 Å². The molecule has 0 aliphatic carbocycles. The van der Waals surface area contributed by atoms with Gasteiger partial charge in [-0.05, 0) is 43.7 Å². The van der Waals surface area contributed by atoms with Gasteiger partial charge in [0.25, 0.3) is 0 Å². The topological polar surface area (TPSA) is 50.4 Å². The number of ether oxygens (including phenoxy) is 1. The van der Waals surface area contributed by atoms with Gasteiger partial charge in [0.15, 0.2) is 0 Å². The molecular weight excluding hydrogens is 350 g/mol. The van der Waals surface area contributed by atoms with Crippen molar-refractivity contribution in [3.63, 3.8) is 0 Å². The smallest absolute Gasteiger partial charge is 0.216 e. The van der Waals surface area contributed by atoms with E-state index >= 15 is 0 Å². The Balaban J connectivity index is 0.000000244. The number of halogens is 2. The molecule has 6 heteroatoms. The van der Waals surface area contributed by atoms with Gasteiger partial charge in [0.05, 0.1) is 6.61 Å². The van der Waals surface area contributed by atoms with Crippen molar-refractivity contribution in [1.29, 1.82) is 0 Å². The van der Waals surface area contributed by atoms with Crippen molar-refractivity contribution in [3.8, 4) is 5.75 Å². The minimum absolute atomic E-state index is 0.0337. The zero-order valence-corrected chi connectivity index (χ0v) is 15.7. The summed E-state index contributed by atoms with van der Waals surface area (Å²) in [6, 6.07) is 11.9. The number of para-hydroxylation sites is 1. The molecule has 1 atom stereocenters. The molecule has 1 aliphatic heterocycles. The van der Waals surface area contributed by atoms with E-state index in [1.807, 2.05) is 18.2 Å². The van der Waals surface area contributed by atoms with Crippen LogP contribution in [0, 0.1) is 18.6 Å². The molecule has 2 N–H and O–H groups in total. The molecule has 4 nitrogen and oxygen atoms in total. The summed E-state index contributed by atoms with van der Waals surface area (Å²) < 4.78 is 30.0. The average Bonchev–Trinajstić information content (AvgIpc) is 2.60. The van der Waals surface area contributed by atoms with Crippen molar-refractivity contribution in [2.24, 2.45) is 0 Å². The first-order valence-electron chi connectivity index (χ1n) is 9.08. The number of fused-ring (bicyclic) bond motifs is 1. The summed E-state index contributed by atoms with van der Waals surface area (Å²) in [5, 5.41) is 6.32. The maximum absolute atomic E-state index is 12.2. The van der Waals surface area contributed by atoms with Crippen LogP contribution in [-0.2, 0) is 4.79 Å². The molecule has 1 aliphatic rings. The molecule has 0 bridgehead atoms. The molecule has 2 aromatic carbocycles. The second kappa shape index (κ2) is 10.6. The van der Waals surface area contributed by atoms with E-state index in [-0.39, 0.29) is 5.91 Å². The van der Waals surface area contributed by atoms with Crippen LogP contribution in [0.2, 0.25) is 0 Å². The Morgan fingerprint density at radius 1 is 1.15 bits per heavy atom. The van der Waals surface area contributed by atoms with E-state index in [2.05, 4.69) is 16.7 Å². The summed E-state index contributed by atoms with van der Waals surface area (Å²) in [4.78, 5) is 10.7. The summed E-state index contributed by atoms with van der Waals surface area (Å²) in [7, 11) is 0. The van der Waals surface area contributed by atoms with Gasteiger partial charge in [-0.25, -0.2) is 8.78 Å². The zero-order chi connectivity index (χ0) is 19.6. The largest absolute Gasteiger partial charge is 0.493 e. The predicted molar refractivity (Wildman–Crippen MR) is 102 cm³/mol. The van der Waals surface area contributed by atoms with Crippen molar-refractivity contribution in [2.45, 2.75) is 32.7 Å². The molecule has 0 fully saturated rings. The Hall–Kier alpha value is -2.47. The van der Waals surface area contributed by atoms with E-state index < -0.39 is 11.6 Å². The minimum Gasteiger partial charge on any atom is -0.493 e. The van der Waals surface area contributed by atoms with Crippen molar-refractivity contribution in [3.05, 3.63) is 65.2 Å². The standard InChI is InChI=1S/C14H20N2O2.C7H6F2/c1-11(17)15-8-4-9-16-13-7-10-18-14-6-3-2-5-12(13)14;1-5-2-6(8)4-7(9)3-5/h2-3,5-6,13,16H,4,7-10H2,1H3,(H,15,17);2-4H,1H3. The first-order valence-corrected chi connectivity index (χ1v) is 9.08. The van der Waals surface area contributed by atoms with E-state index in [1.165, 1.54) is 17.7 Å². The van der Waals surface area contributed by atoms with E-state index in [9.17, 15) is 13.6 Å². The molecule has 0 radical (unpaired) electrons. The number of hydrogen-bond donors (Lipinski definition) is 2. The quantitative estimate of drug-likeness (QED) is 0.778. The molecule has 0 aromatic heterocycles. The summed E-state index contributed by atoms with van der Waals surface area (Å²) >= 11 is 0. The van der Waals surface area contributed by atoms with E-state index in [0.29, 0.717) is 11.6 Å². The first-order chi connectivity index (χ1) is 13.0. The Labute approximate surface area is 158 Å². The fourth-order valence-electron chi connectivity index (χ4n) is 2.87. The molecule has 27 heavy (non-hydrogen) atoms. The average molecular weight is 376 g/mol. The second-order valence-corrected chi connectivity index (χ2v) is 6.46. The third-order valence-electron chi connectivity index (χ3n) is 4.08. The number of benzene rings is 2. The van der Waals surface area contributed by atoms with Crippen LogP contribution in [0.1, 0.15) is 36.9 Å². The molecule has 2 aromatic rings. The fourth-order valence-corrected chi connectivity index (χ4v) is 2.87. The van der Waals surface area contributed by atoms with Crippen LogP contribution in [0.3, 0.4) is 0 Å². The van der Waals surface area contributed by atoms with Gasteiger partial charge in [0.1, 0.15) is 17.4 Å². The van der Waals surface area contributed by atoms with E-state index in [4.69, 9.17) is 4.74 Å². The van der Waals surface area contributed by atoms with Gasteiger partial charge in [-0.2, -0.15) is 0 Å². The SMILES string of the molecule is CC(=O)NCCCNC1CCOc2ccccc21.Cc1cc(F)cc(F)c1. The highest BCUT2D eigenvalue weighted by Crippen LogP contribution is 2.31. The lowest BCUT2D eigenvalue weighted by atomic mass is 10.0. The summed E-state index contributed by atoms with van der Waals surface area (Å²) in [5.41, 5.74) is 1.84. The first kappa shape index (κ1) is 20.8. The maximum Gasteiger partial charge on any atom is 0.216 e. The number of aryl methyl sites for hydroxylation is 1. The normalized spacial score (nSPS) is 15.0. The molecule has 1 heterocycles. The zero-order valence-electron chi connectivity index (χ0n) is 15.7.